The second kappa shape index (κ2) is 5.61. The molecule has 0 unspecified atom stereocenters. The van der Waals surface area contributed by atoms with Gasteiger partial charge in [-0.3, -0.25) is 9.69 Å². The first-order valence-corrected chi connectivity index (χ1v) is 8.08. The van der Waals surface area contributed by atoms with Crippen LogP contribution in [0.25, 0.3) is 0 Å². The third-order valence-corrected chi connectivity index (χ3v) is 4.75. The molecule has 0 aromatic carbocycles. The summed E-state index contributed by atoms with van der Waals surface area (Å²) in [5.41, 5.74) is 1.26. The van der Waals surface area contributed by atoms with Gasteiger partial charge in [-0.25, -0.2) is 9.67 Å². The van der Waals surface area contributed by atoms with Gasteiger partial charge in [-0.15, -0.1) is 5.10 Å². The number of aryl methyl sites for hydroxylation is 1. The second-order valence-electron chi connectivity index (χ2n) is 6.27. The summed E-state index contributed by atoms with van der Waals surface area (Å²) in [5, 5.41) is 11.6. The minimum atomic E-state index is -0.155. The van der Waals surface area contributed by atoms with E-state index in [2.05, 4.69) is 25.5 Å². The highest BCUT2D eigenvalue weighted by Crippen LogP contribution is 2.33. The van der Waals surface area contributed by atoms with Crippen LogP contribution < -0.4 is 5.32 Å². The zero-order valence-electron chi connectivity index (χ0n) is 12.8. The third kappa shape index (κ3) is 2.96. The largest absolute Gasteiger partial charge is 0.345 e. The van der Waals surface area contributed by atoms with Crippen LogP contribution in [0.15, 0.2) is 12.5 Å². The van der Waals surface area contributed by atoms with E-state index in [1.807, 2.05) is 7.05 Å². The lowest BCUT2D eigenvalue weighted by Gasteiger charge is -2.39. The molecule has 2 aliphatic rings. The van der Waals surface area contributed by atoms with E-state index in [1.165, 1.54) is 0 Å². The Morgan fingerprint density at radius 1 is 1.43 bits per heavy atom. The number of amides is 1. The summed E-state index contributed by atoms with van der Waals surface area (Å²) in [6.07, 6.45) is 5.69. The summed E-state index contributed by atoms with van der Waals surface area (Å²) in [5.74, 6) is -0.155. The van der Waals surface area contributed by atoms with Crippen molar-refractivity contribution >= 4 is 17.5 Å². The second-order valence-corrected chi connectivity index (χ2v) is 6.63. The van der Waals surface area contributed by atoms with E-state index in [9.17, 15) is 4.79 Å². The van der Waals surface area contributed by atoms with E-state index < -0.39 is 0 Å². The van der Waals surface area contributed by atoms with Crippen LogP contribution in [0.3, 0.4) is 0 Å². The van der Waals surface area contributed by atoms with Gasteiger partial charge in [-0.1, -0.05) is 16.8 Å². The number of aromatic nitrogens is 5. The standard InChI is InChI=1S/C14H18ClN7O/c1-20-8-16-11(13(20)15)6-21-4-9(5-21)17-14(23)12-7-22(19-18-12)10-2-3-10/h7-10H,2-6H2,1H3,(H,17,23). The highest BCUT2D eigenvalue weighted by atomic mass is 35.5. The van der Waals surface area contributed by atoms with Crippen molar-refractivity contribution in [2.24, 2.45) is 7.05 Å². The molecule has 0 atom stereocenters. The van der Waals surface area contributed by atoms with Crippen molar-refractivity contribution in [1.82, 2.24) is 34.8 Å². The Kier molecular flexibility index (Phi) is 3.57. The van der Waals surface area contributed by atoms with Crippen LogP contribution in [0, 0.1) is 0 Å². The maximum Gasteiger partial charge on any atom is 0.273 e. The molecule has 2 aromatic heterocycles. The van der Waals surface area contributed by atoms with E-state index >= 15 is 0 Å². The van der Waals surface area contributed by atoms with Crippen molar-refractivity contribution in [2.45, 2.75) is 31.5 Å². The van der Waals surface area contributed by atoms with Gasteiger partial charge in [0.1, 0.15) is 5.15 Å². The number of nitrogens with zero attached hydrogens (tertiary/aromatic N) is 6. The van der Waals surface area contributed by atoms with Gasteiger partial charge in [0.25, 0.3) is 5.91 Å². The van der Waals surface area contributed by atoms with Crippen molar-refractivity contribution in [2.75, 3.05) is 13.1 Å². The number of hydrogen-bond acceptors (Lipinski definition) is 5. The first-order chi connectivity index (χ1) is 11.1. The first-order valence-electron chi connectivity index (χ1n) is 7.71. The molecule has 4 rings (SSSR count). The Labute approximate surface area is 138 Å². The van der Waals surface area contributed by atoms with E-state index in [1.54, 1.807) is 21.8 Å². The summed E-state index contributed by atoms with van der Waals surface area (Å²) in [6, 6.07) is 0.572. The highest BCUT2D eigenvalue weighted by molar-refractivity contribution is 6.30. The lowest BCUT2D eigenvalue weighted by molar-refractivity contribution is 0.0787. The molecule has 1 saturated carbocycles. The number of carbonyl (C=O) groups is 1. The third-order valence-electron chi connectivity index (χ3n) is 4.26. The lowest BCUT2D eigenvalue weighted by atomic mass is 10.1. The fraction of sp³-hybridized carbons (Fsp3) is 0.571. The van der Waals surface area contributed by atoms with Crippen molar-refractivity contribution in [3.63, 3.8) is 0 Å². The lowest BCUT2D eigenvalue weighted by Crippen LogP contribution is -2.58. The maximum absolute atomic E-state index is 12.1. The number of likely N-dealkylation sites (tertiary alicyclic amines) is 1. The molecule has 0 radical (unpaired) electrons. The number of rotatable bonds is 5. The molecule has 2 aromatic rings. The summed E-state index contributed by atoms with van der Waals surface area (Å²) in [4.78, 5) is 18.6. The zero-order valence-corrected chi connectivity index (χ0v) is 13.6. The Morgan fingerprint density at radius 3 is 2.87 bits per heavy atom. The van der Waals surface area contributed by atoms with Gasteiger partial charge in [0, 0.05) is 26.7 Å². The minimum absolute atomic E-state index is 0.135. The predicted octanol–water partition coefficient (Wildman–Crippen LogP) is 0.614. The van der Waals surface area contributed by atoms with Crippen LogP contribution in [0.1, 0.15) is 35.1 Å². The molecule has 1 aliphatic carbocycles. The van der Waals surface area contributed by atoms with Gasteiger partial charge >= 0.3 is 0 Å². The van der Waals surface area contributed by atoms with Crippen molar-refractivity contribution in [3.8, 4) is 0 Å². The molecule has 1 N–H and O–H groups in total. The monoisotopic (exact) mass is 335 g/mol. The summed E-state index contributed by atoms with van der Waals surface area (Å²) in [7, 11) is 1.87. The van der Waals surface area contributed by atoms with Crippen molar-refractivity contribution in [3.05, 3.63) is 29.1 Å². The Balaban J connectivity index is 1.26. The predicted molar refractivity (Wildman–Crippen MR) is 83.0 cm³/mol. The number of imidazole rings is 1. The average Bonchev–Trinajstić information content (AvgIpc) is 3.15. The Morgan fingerprint density at radius 2 is 2.22 bits per heavy atom. The quantitative estimate of drug-likeness (QED) is 0.866. The molecule has 1 saturated heterocycles. The van der Waals surface area contributed by atoms with Gasteiger partial charge in [-0.05, 0) is 12.8 Å². The van der Waals surface area contributed by atoms with E-state index in [0.717, 1.165) is 31.6 Å². The van der Waals surface area contributed by atoms with Gasteiger partial charge in [0.05, 0.1) is 30.3 Å². The topological polar surface area (TPSA) is 80.9 Å². The molecular formula is C14H18ClN7O. The molecule has 2 fully saturated rings. The van der Waals surface area contributed by atoms with Gasteiger partial charge < -0.3 is 9.88 Å². The van der Waals surface area contributed by atoms with Gasteiger partial charge in [0.15, 0.2) is 5.69 Å². The molecule has 1 amide bonds. The van der Waals surface area contributed by atoms with Crippen molar-refractivity contribution in [1.29, 1.82) is 0 Å². The molecule has 3 heterocycles. The van der Waals surface area contributed by atoms with Crippen LogP contribution in [0.2, 0.25) is 5.15 Å². The average molecular weight is 336 g/mol. The summed E-state index contributed by atoms with van der Waals surface area (Å²) in [6.45, 7) is 2.27. The van der Waals surface area contributed by atoms with Crippen LogP contribution in [-0.4, -0.2) is 54.5 Å². The first kappa shape index (κ1) is 14.6. The smallest absolute Gasteiger partial charge is 0.273 e. The molecule has 1 aliphatic heterocycles. The van der Waals surface area contributed by atoms with E-state index in [4.69, 9.17) is 11.6 Å². The highest BCUT2D eigenvalue weighted by Gasteiger charge is 2.31. The fourth-order valence-electron chi connectivity index (χ4n) is 2.73. The molecular weight excluding hydrogens is 318 g/mol. The number of nitrogens with one attached hydrogen (secondary N) is 1. The molecule has 8 nitrogen and oxygen atoms in total. The number of hydrogen-bond donors (Lipinski definition) is 1. The molecule has 9 heteroatoms. The zero-order chi connectivity index (χ0) is 16.0. The molecule has 0 spiro atoms. The van der Waals surface area contributed by atoms with E-state index in [-0.39, 0.29) is 11.9 Å². The van der Waals surface area contributed by atoms with Crippen LogP contribution >= 0.6 is 11.6 Å². The van der Waals surface area contributed by atoms with Gasteiger partial charge in [0.2, 0.25) is 0 Å². The molecule has 122 valence electrons. The molecule has 23 heavy (non-hydrogen) atoms. The van der Waals surface area contributed by atoms with Crippen LogP contribution in [0.5, 0.6) is 0 Å². The maximum atomic E-state index is 12.1. The normalized spacial score (nSPS) is 18.9. The summed E-state index contributed by atoms with van der Waals surface area (Å²) >= 11 is 6.15. The van der Waals surface area contributed by atoms with Crippen LogP contribution in [-0.2, 0) is 13.6 Å². The number of carbonyl (C=O) groups excluding carboxylic acids is 1. The SMILES string of the molecule is Cn1cnc(CN2CC(NC(=O)c3cn(C4CC4)nn3)C2)c1Cl. The molecule has 0 bridgehead atoms. The fourth-order valence-corrected chi connectivity index (χ4v) is 2.88. The number of halogens is 1. The minimum Gasteiger partial charge on any atom is -0.345 e. The summed E-state index contributed by atoms with van der Waals surface area (Å²) < 4.78 is 3.57. The van der Waals surface area contributed by atoms with Gasteiger partial charge in [-0.2, -0.15) is 0 Å². The Hall–Kier alpha value is -1.93. The van der Waals surface area contributed by atoms with Crippen molar-refractivity contribution < 1.29 is 4.79 Å². The van der Waals surface area contributed by atoms with Crippen LogP contribution in [0.4, 0.5) is 0 Å². The van der Waals surface area contributed by atoms with E-state index in [0.29, 0.717) is 23.4 Å². The Bertz CT molecular complexity index is 729.